The predicted octanol–water partition coefficient (Wildman–Crippen LogP) is 13.0. The topological polar surface area (TPSA) is 83.0 Å². The van der Waals surface area contributed by atoms with Crippen LogP contribution in [0.15, 0.2) is 155 Å². The molecule has 0 aliphatic heterocycles. The number of aryl methyl sites for hydroxylation is 8. The SMILES string of the molecule is CCC1=CC=C(P(c2cc(C)c(OC)c(C)c2)c2cc(C)c(OC)c(C)c2)C1C(C)([O-])c1ccccc1.CCC1=CC=C(P(c2cc(C)c(OC)c(C)c2)c2cc(C)c(OC)c(C)c2)C1C(C)([O-])c1ccccc1.[Fe+2]. The molecule has 0 heterocycles. The second-order valence-electron chi connectivity index (χ2n) is 20.3. The molecule has 8 rings (SSSR count). The molecule has 0 aromatic heterocycles. The summed E-state index contributed by atoms with van der Waals surface area (Å²) in [5.74, 6) is 3.23. The fourth-order valence-electron chi connectivity index (χ4n) is 11.8. The van der Waals surface area contributed by atoms with E-state index >= 15 is 0 Å². The van der Waals surface area contributed by atoms with Crippen molar-refractivity contribution in [2.24, 2.45) is 11.8 Å². The van der Waals surface area contributed by atoms with Gasteiger partial charge >= 0.3 is 17.1 Å². The summed E-state index contributed by atoms with van der Waals surface area (Å²) in [7, 11) is 4.94. The molecule has 2 aliphatic rings. The molecule has 0 radical (unpaired) electrons. The minimum atomic E-state index is -1.29. The molecule has 4 unspecified atom stereocenters. The molecule has 6 aromatic rings. The number of ether oxygens (including phenoxy) is 4. The fraction of sp³-hybridized carbons (Fsp3) is 0.333. The first-order valence-corrected chi connectivity index (χ1v) is 28.5. The van der Waals surface area contributed by atoms with Gasteiger partial charge in [0.1, 0.15) is 23.0 Å². The molecule has 394 valence electrons. The Morgan fingerprint density at radius 1 is 0.400 bits per heavy atom. The molecular formula is C66H76FeO6P2. The Hall–Kier alpha value is -5.22. The molecule has 0 amide bonds. The number of rotatable bonds is 16. The van der Waals surface area contributed by atoms with Crippen LogP contribution < -0.4 is 50.4 Å². The Morgan fingerprint density at radius 2 is 0.627 bits per heavy atom. The summed E-state index contributed by atoms with van der Waals surface area (Å²) in [6, 6.07) is 37.7. The zero-order valence-electron chi connectivity index (χ0n) is 47.0. The molecule has 9 heteroatoms. The molecule has 6 aromatic carbocycles. The molecule has 0 saturated carbocycles. The number of allylic oxidation sites excluding steroid dienone is 4. The second kappa shape index (κ2) is 24.8. The number of methoxy groups -OCH3 is 4. The zero-order chi connectivity index (χ0) is 53.8. The Bertz CT molecular complexity index is 2710. The standard InChI is InChI=1S/2C33H38O3P.Fe/c2*1-9-25-15-16-29(30(25)33(6,34)26-13-11-10-12-14-26)37(27-17-21(2)31(35-7)22(3)18-27)28-19-23(4)32(36-8)24(5)20-28;/h2*10-20,30H,9H2,1-8H3;/q2*-1;+2. The van der Waals surface area contributed by atoms with E-state index < -0.39 is 27.0 Å². The normalized spacial score (nSPS) is 16.6. The van der Waals surface area contributed by atoms with Crippen molar-refractivity contribution in [3.05, 3.63) is 211 Å². The van der Waals surface area contributed by atoms with Crippen molar-refractivity contribution in [2.75, 3.05) is 28.4 Å². The van der Waals surface area contributed by atoms with Crippen LogP contribution in [0.5, 0.6) is 23.0 Å². The van der Waals surface area contributed by atoms with E-state index in [1.807, 2.05) is 74.5 Å². The van der Waals surface area contributed by atoms with Gasteiger partial charge < -0.3 is 29.2 Å². The largest absolute Gasteiger partial charge is 2.00 e. The Kier molecular flexibility index (Phi) is 19.6. The molecule has 0 fully saturated rings. The van der Waals surface area contributed by atoms with E-state index in [0.29, 0.717) is 0 Å². The summed E-state index contributed by atoms with van der Waals surface area (Å²) in [4.78, 5) is 0. The third-order valence-corrected chi connectivity index (χ3v) is 20.0. The van der Waals surface area contributed by atoms with Gasteiger partial charge in [-0.2, -0.15) is 0 Å². The van der Waals surface area contributed by atoms with E-state index in [9.17, 15) is 10.2 Å². The molecule has 6 nitrogen and oxygen atoms in total. The fourth-order valence-corrected chi connectivity index (χ4v) is 17.9. The van der Waals surface area contributed by atoms with Crippen molar-refractivity contribution in [3.8, 4) is 23.0 Å². The van der Waals surface area contributed by atoms with Crippen LogP contribution in [0.3, 0.4) is 0 Å². The van der Waals surface area contributed by atoms with Crippen molar-refractivity contribution in [2.45, 2.75) is 107 Å². The maximum atomic E-state index is 14.6. The van der Waals surface area contributed by atoms with Gasteiger partial charge in [0.15, 0.2) is 0 Å². The summed E-state index contributed by atoms with van der Waals surface area (Å²) in [6.45, 7) is 24.8. The van der Waals surface area contributed by atoms with E-state index in [4.69, 9.17) is 18.9 Å². The zero-order valence-corrected chi connectivity index (χ0v) is 49.9. The van der Waals surface area contributed by atoms with Crippen LogP contribution in [0.25, 0.3) is 0 Å². The Morgan fingerprint density at radius 3 is 0.827 bits per heavy atom. The van der Waals surface area contributed by atoms with Crippen LogP contribution in [0.1, 0.15) is 96.2 Å². The minimum absolute atomic E-state index is 0. The third-order valence-electron chi connectivity index (χ3n) is 15.0. The van der Waals surface area contributed by atoms with E-state index in [2.05, 4.69) is 142 Å². The van der Waals surface area contributed by atoms with Gasteiger partial charge in [0, 0.05) is 11.8 Å². The summed E-state index contributed by atoms with van der Waals surface area (Å²) in [5, 5.41) is 36.6. The molecule has 0 N–H and O–H groups in total. The van der Waals surface area contributed by atoms with Crippen LogP contribution in [-0.4, -0.2) is 28.4 Å². The molecule has 0 spiro atoms. The summed E-state index contributed by atoms with van der Waals surface area (Å²) < 4.78 is 22.8. The van der Waals surface area contributed by atoms with Gasteiger partial charge in [-0.3, -0.25) is 0 Å². The Balaban J connectivity index is 0.000000241. The number of hydrogen-bond acceptors (Lipinski definition) is 6. The van der Waals surface area contributed by atoms with E-state index in [1.165, 1.54) is 43.0 Å². The quantitative estimate of drug-likeness (QED) is 0.0709. The Labute approximate surface area is 462 Å². The van der Waals surface area contributed by atoms with Crippen LogP contribution in [-0.2, 0) is 28.3 Å². The van der Waals surface area contributed by atoms with Crippen LogP contribution in [0.2, 0.25) is 0 Å². The van der Waals surface area contributed by atoms with Crippen molar-refractivity contribution < 1.29 is 46.2 Å². The summed E-state index contributed by atoms with van der Waals surface area (Å²) >= 11 is 0. The second-order valence-corrected chi connectivity index (χ2v) is 24.7. The molecule has 4 atom stereocenters. The molecule has 0 bridgehead atoms. The summed E-state index contributed by atoms with van der Waals surface area (Å²) in [5.41, 5.74) is 10.3. The first kappa shape index (κ1) is 59.0. The van der Waals surface area contributed by atoms with E-state index in [-0.39, 0.29) is 28.9 Å². The minimum Gasteiger partial charge on any atom is -0.846 e. The average Bonchev–Trinajstić information content (AvgIpc) is 4.00. The van der Waals surface area contributed by atoms with E-state index in [1.54, 1.807) is 28.4 Å². The molecule has 75 heavy (non-hydrogen) atoms. The van der Waals surface area contributed by atoms with Crippen molar-refractivity contribution in [3.63, 3.8) is 0 Å². The van der Waals surface area contributed by atoms with Crippen molar-refractivity contribution in [1.82, 2.24) is 0 Å². The monoisotopic (exact) mass is 1080 g/mol. The third kappa shape index (κ3) is 11.9. The molecule has 0 saturated heterocycles. The average molecular weight is 1080 g/mol. The van der Waals surface area contributed by atoms with Crippen LogP contribution in [0.4, 0.5) is 0 Å². The van der Waals surface area contributed by atoms with Gasteiger partial charge in [-0.15, -0.1) is 0 Å². The first-order valence-electron chi connectivity index (χ1n) is 25.8. The van der Waals surface area contributed by atoms with Gasteiger partial charge in [0.2, 0.25) is 0 Å². The summed E-state index contributed by atoms with van der Waals surface area (Å²) in [6.07, 6.45) is 10.6. The smallest absolute Gasteiger partial charge is 0.846 e. The van der Waals surface area contributed by atoms with E-state index in [0.717, 1.165) is 91.5 Å². The predicted molar refractivity (Wildman–Crippen MR) is 310 cm³/mol. The van der Waals surface area contributed by atoms with Gasteiger partial charge in [-0.05, 0) is 209 Å². The first-order chi connectivity index (χ1) is 35.3. The molecule has 2 aliphatic carbocycles. The maximum Gasteiger partial charge on any atom is 2.00 e. The number of hydrogen-bond donors (Lipinski definition) is 0. The van der Waals surface area contributed by atoms with Crippen molar-refractivity contribution >= 4 is 37.1 Å². The van der Waals surface area contributed by atoms with Gasteiger partial charge in [-0.25, -0.2) is 0 Å². The number of benzene rings is 6. The van der Waals surface area contributed by atoms with Crippen LogP contribution >= 0.6 is 15.8 Å². The van der Waals surface area contributed by atoms with Gasteiger partial charge in [0.25, 0.3) is 0 Å². The molecular weight excluding hydrogens is 1010 g/mol. The van der Waals surface area contributed by atoms with Gasteiger partial charge in [-0.1, -0.05) is 146 Å². The van der Waals surface area contributed by atoms with Crippen LogP contribution in [0, 0.1) is 67.2 Å². The van der Waals surface area contributed by atoms with Gasteiger partial charge in [0.05, 0.1) is 28.4 Å². The van der Waals surface area contributed by atoms with Crippen molar-refractivity contribution in [1.29, 1.82) is 0 Å². The maximum absolute atomic E-state index is 14.6.